The zero-order chi connectivity index (χ0) is 20.6. The van der Waals surface area contributed by atoms with Gasteiger partial charge < -0.3 is 4.74 Å². The third-order valence-electron chi connectivity index (χ3n) is 6.72. The fourth-order valence-corrected chi connectivity index (χ4v) is 4.93. The van der Waals surface area contributed by atoms with Gasteiger partial charge in [-0.15, -0.1) is 0 Å². The molecule has 1 nitrogen and oxygen atoms in total. The van der Waals surface area contributed by atoms with E-state index in [0.717, 1.165) is 24.3 Å². The van der Waals surface area contributed by atoms with E-state index in [0.29, 0.717) is 29.0 Å². The van der Waals surface area contributed by atoms with Crippen molar-refractivity contribution in [2.75, 3.05) is 0 Å². The lowest BCUT2D eigenvalue weighted by Crippen LogP contribution is -2.27. The fraction of sp³-hybridized carbons (Fsp3) is 0.520. The van der Waals surface area contributed by atoms with Gasteiger partial charge in [0, 0.05) is 5.56 Å². The SMILES string of the molecule is CCCCC1CCC(c2ccc3c(c2)C(F)(F)Oc2c-3ccc(CC)c2F)CC1. The van der Waals surface area contributed by atoms with Crippen LogP contribution in [0.5, 0.6) is 5.75 Å². The standard InChI is InChI=1S/C25H29F3O/c1-3-5-6-16-7-9-18(10-8-16)19-12-13-20-21-14-11-17(4-2)23(26)24(21)29-25(27,28)22(20)15-19/h11-16,18H,3-10H2,1-2H3. The number of unbranched alkanes of at least 4 members (excludes halogenated alkanes) is 1. The van der Waals surface area contributed by atoms with Crippen LogP contribution in [0, 0.1) is 11.7 Å². The summed E-state index contributed by atoms with van der Waals surface area (Å²) in [6.45, 7) is 4.01. The summed E-state index contributed by atoms with van der Waals surface area (Å²) in [7, 11) is 0. The lowest BCUT2D eigenvalue weighted by Gasteiger charge is -2.32. The second-order valence-electron chi connectivity index (χ2n) is 8.55. The van der Waals surface area contributed by atoms with Gasteiger partial charge in [-0.2, -0.15) is 8.78 Å². The summed E-state index contributed by atoms with van der Waals surface area (Å²) >= 11 is 0. The molecular formula is C25H29F3O. The van der Waals surface area contributed by atoms with Gasteiger partial charge in [0.2, 0.25) is 0 Å². The molecule has 0 amide bonds. The Labute approximate surface area is 171 Å². The Morgan fingerprint density at radius 2 is 1.72 bits per heavy atom. The van der Waals surface area contributed by atoms with Crippen LogP contribution in [0.1, 0.15) is 81.4 Å². The third-order valence-corrected chi connectivity index (χ3v) is 6.72. The molecule has 2 aromatic rings. The normalized spacial score (nSPS) is 22.5. The molecule has 4 heteroatoms. The molecule has 0 N–H and O–H groups in total. The van der Waals surface area contributed by atoms with Crippen LogP contribution in [0.2, 0.25) is 0 Å². The molecule has 2 aliphatic rings. The summed E-state index contributed by atoms with van der Waals surface area (Å²) in [5.41, 5.74) is 1.99. The largest absolute Gasteiger partial charge is 0.427 e. The Hall–Kier alpha value is -1.97. The minimum absolute atomic E-state index is 0.140. The second kappa shape index (κ2) is 8.04. The van der Waals surface area contributed by atoms with Gasteiger partial charge in [-0.3, -0.25) is 0 Å². The smallest absolute Gasteiger partial charge is 0.425 e. The molecule has 0 atom stereocenters. The van der Waals surface area contributed by atoms with Crippen LogP contribution >= 0.6 is 0 Å². The number of alkyl halides is 2. The molecule has 0 saturated heterocycles. The van der Waals surface area contributed by atoms with Crippen molar-refractivity contribution in [1.29, 1.82) is 0 Å². The van der Waals surface area contributed by atoms with E-state index < -0.39 is 11.9 Å². The van der Waals surface area contributed by atoms with Crippen LogP contribution < -0.4 is 4.74 Å². The van der Waals surface area contributed by atoms with Gasteiger partial charge in [0.15, 0.2) is 11.6 Å². The van der Waals surface area contributed by atoms with E-state index in [4.69, 9.17) is 4.74 Å². The molecule has 0 aromatic heterocycles. The lowest BCUT2D eigenvalue weighted by molar-refractivity contribution is -0.188. The summed E-state index contributed by atoms with van der Waals surface area (Å²) in [4.78, 5) is 0. The fourth-order valence-electron chi connectivity index (χ4n) is 4.93. The van der Waals surface area contributed by atoms with E-state index in [1.807, 2.05) is 6.07 Å². The van der Waals surface area contributed by atoms with Crippen LogP contribution in [0.4, 0.5) is 13.2 Å². The van der Waals surface area contributed by atoms with Crippen molar-refractivity contribution in [1.82, 2.24) is 0 Å². The Balaban J connectivity index is 1.63. The molecule has 0 unspecified atom stereocenters. The maximum atomic E-state index is 14.9. The van der Waals surface area contributed by atoms with Crippen molar-refractivity contribution < 1.29 is 17.9 Å². The van der Waals surface area contributed by atoms with Crippen molar-refractivity contribution >= 4 is 0 Å². The first-order valence-electron chi connectivity index (χ1n) is 11.0. The van der Waals surface area contributed by atoms with Gasteiger partial charge in [-0.05, 0) is 66.7 Å². The maximum absolute atomic E-state index is 14.9. The molecule has 0 spiro atoms. The van der Waals surface area contributed by atoms with E-state index in [2.05, 4.69) is 6.92 Å². The quantitative estimate of drug-likeness (QED) is 0.493. The third kappa shape index (κ3) is 3.78. The van der Waals surface area contributed by atoms with Gasteiger partial charge in [0.1, 0.15) is 0 Å². The minimum Gasteiger partial charge on any atom is -0.425 e. The Morgan fingerprint density at radius 1 is 1.00 bits per heavy atom. The molecule has 2 aromatic carbocycles. The molecule has 29 heavy (non-hydrogen) atoms. The second-order valence-corrected chi connectivity index (χ2v) is 8.55. The van der Waals surface area contributed by atoms with Gasteiger partial charge in [0.05, 0.1) is 5.56 Å². The molecule has 0 radical (unpaired) electrons. The lowest BCUT2D eigenvalue weighted by atomic mass is 9.76. The Bertz CT molecular complexity index is 882. The summed E-state index contributed by atoms with van der Waals surface area (Å²) in [5.74, 6) is 0.0848. The Kier molecular flexibility index (Phi) is 5.63. The van der Waals surface area contributed by atoms with E-state index >= 15 is 0 Å². The van der Waals surface area contributed by atoms with Crippen molar-refractivity contribution in [3.63, 3.8) is 0 Å². The highest BCUT2D eigenvalue weighted by molar-refractivity contribution is 5.77. The number of benzene rings is 2. The molecule has 1 saturated carbocycles. The number of aryl methyl sites for hydroxylation is 1. The minimum atomic E-state index is -3.52. The van der Waals surface area contributed by atoms with E-state index in [-0.39, 0.29) is 11.3 Å². The molecule has 1 aliphatic carbocycles. The van der Waals surface area contributed by atoms with Crippen LogP contribution in [-0.4, -0.2) is 0 Å². The van der Waals surface area contributed by atoms with E-state index in [1.165, 1.54) is 32.1 Å². The van der Waals surface area contributed by atoms with Crippen LogP contribution in [0.25, 0.3) is 11.1 Å². The van der Waals surface area contributed by atoms with Crippen LogP contribution in [-0.2, 0) is 12.5 Å². The number of rotatable bonds is 5. The van der Waals surface area contributed by atoms with Crippen LogP contribution in [0.3, 0.4) is 0 Å². The van der Waals surface area contributed by atoms with Crippen molar-refractivity contribution in [3.8, 4) is 16.9 Å². The maximum Gasteiger partial charge on any atom is 0.427 e. The number of fused-ring (bicyclic) bond motifs is 3. The van der Waals surface area contributed by atoms with Crippen molar-refractivity contribution in [2.24, 2.45) is 5.92 Å². The zero-order valence-corrected chi connectivity index (χ0v) is 17.2. The van der Waals surface area contributed by atoms with E-state index in [9.17, 15) is 13.2 Å². The van der Waals surface area contributed by atoms with E-state index in [1.54, 1.807) is 31.2 Å². The summed E-state index contributed by atoms with van der Waals surface area (Å²) in [6, 6.07) is 8.64. The topological polar surface area (TPSA) is 9.23 Å². The molecule has 1 fully saturated rings. The number of hydrogen-bond acceptors (Lipinski definition) is 1. The van der Waals surface area contributed by atoms with Crippen molar-refractivity contribution in [2.45, 2.75) is 77.2 Å². The number of hydrogen-bond donors (Lipinski definition) is 0. The molecular weight excluding hydrogens is 373 g/mol. The number of halogens is 3. The molecule has 1 aliphatic heterocycles. The van der Waals surface area contributed by atoms with Gasteiger partial charge in [-0.1, -0.05) is 57.4 Å². The zero-order valence-electron chi connectivity index (χ0n) is 17.2. The Morgan fingerprint density at radius 3 is 2.41 bits per heavy atom. The molecule has 156 valence electrons. The highest BCUT2D eigenvalue weighted by Crippen LogP contribution is 2.50. The summed E-state index contributed by atoms with van der Waals surface area (Å²) < 4.78 is 49.2. The summed E-state index contributed by atoms with van der Waals surface area (Å²) in [5, 5.41) is 0. The van der Waals surface area contributed by atoms with Gasteiger partial charge >= 0.3 is 6.11 Å². The predicted octanol–water partition coefficient (Wildman–Crippen LogP) is 7.96. The number of ether oxygens (including phenoxy) is 1. The average Bonchev–Trinajstić information content (AvgIpc) is 2.73. The van der Waals surface area contributed by atoms with Crippen LogP contribution in [0.15, 0.2) is 30.3 Å². The molecule has 1 heterocycles. The predicted molar refractivity (Wildman–Crippen MR) is 110 cm³/mol. The highest BCUT2D eigenvalue weighted by Gasteiger charge is 2.43. The van der Waals surface area contributed by atoms with Crippen molar-refractivity contribution in [3.05, 3.63) is 52.8 Å². The highest BCUT2D eigenvalue weighted by atomic mass is 19.3. The average molecular weight is 403 g/mol. The monoisotopic (exact) mass is 402 g/mol. The summed E-state index contributed by atoms with van der Waals surface area (Å²) in [6.07, 6.45) is 5.11. The van der Waals surface area contributed by atoms with Gasteiger partial charge in [0.25, 0.3) is 0 Å². The van der Waals surface area contributed by atoms with Gasteiger partial charge in [-0.25, -0.2) is 4.39 Å². The first kappa shape index (κ1) is 20.3. The molecule has 0 bridgehead atoms. The molecule has 4 rings (SSSR count). The first-order valence-corrected chi connectivity index (χ1v) is 11.0. The first-order chi connectivity index (χ1) is 13.9.